The van der Waals surface area contributed by atoms with Crippen LogP contribution in [-0.2, 0) is 9.59 Å². The van der Waals surface area contributed by atoms with E-state index in [1.54, 1.807) is 35.1 Å². The second-order valence-corrected chi connectivity index (χ2v) is 7.06. The average molecular weight is 387 g/mol. The minimum absolute atomic E-state index is 0.372. The van der Waals surface area contributed by atoms with Gasteiger partial charge in [-0.2, -0.15) is 0 Å². The summed E-state index contributed by atoms with van der Waals surface area (Å²) in [7, 11) is 0. The Morgan fingerprint density at radius 2 is 2.14 bits per heavy atom. The molecule has 150 valence electrons. The maximum Gasteiger partial charge on any atom is 0.308 e. The topological polar surface area (TPSA) is 139 Å². The van der Waals surface area contributed by atoms with Crippen LogP contribution < -0.4 is 16.4 Å². The number of pyridine rings is 1. The third kappa shape index (κ3) is 4.48. The number of hydrogen-bond acceptors (Lipinski definition) is 5. The molecule has 0 aliphatic heterocycles. The molecule has 2 aromatic heterocycles. The number of aliphatic carboxylic acids is 1. The summed E-state index contributed by atoms with van der Waals surface area (Å²) >= 11 is 0. The molecule has 28 heavy (non-hydrogen) atoms. The van der Waals surface area contributed by atoms with E-state index < -0.39 is 24.0 Å². The van der Waals surface area contributed by atoms with Gasteiger partial charge in [-0.05, 0) is 44.4 Å². The fraction of sp³-hybridized carbons (Fsp3) is 0.474. The average Bonchev–Trinajstić information content (AvgIpc) is 3.33. The van der Waals surface area contributed by atoms with Crippen LogP contribution >= 0.6 is 0 Å². The lowest BCUT2D eigenvalue weighted by Crippen LogP contribution is -2.51. The fourth-order valence-electron chi connectivity index (χ4n) is 3.60. The summed E-state index contributed by atoms with van der Waals surface area (Å²) in [6.07, 6.45) is 7.88. The maximum absolute atomic E-state index is 12.7. The minimum atomic E-state index is -0.904. The van der Waals surface area contributed by atoms with Crippen LogP contribution in [0.1, 0.15) is 42.5 Å². The Bertz CT molecular complexity index is 865. The standard InChI is InChI=1S/C19H25N5O4/c20-8-2-5-15(18(26)22-14-4-1-3-13(14)19(27)28)23-17(25)12-6-7-16-21-9-10-24(16)11-12/h6-7,9-11,13-15H,1-5,8,20H2,(H,22,26)(H,23,25)(H,27,28). The lowest BCUT2D eigenvalue weighted by atomic mass is 10.0. The molecule has 1 saturated carbocycles. The Balaban J connectivity index is 1.69. The van der Waals surface area contributed by atoms with Gasteiger partial charge in [-0.1, -0.05) is 6.42 Å². The van der Waals surface area contributed by atoms with E-state index in [4.69, 9.17) is 5.73 Å². The zero-order valence-corrected chi connectivity index (χ0v) is 15.5. The number of imidazole rings is 1. The Labute approximate surface area is 162 Å². The molecule has 9 heteroatoms. The van der Waals surface area contributed by atoms with E-state index in [0.717, 1.165) is 12.1 Å². The zero-order valence-electron chi connectivity index (χ0n) is 15.5. The molecule has 0 aromatic carbocycles. The van der Waals surface area contributed by atoms with Crippen molar-refractivity contribution in [2.45, 2.75) is 44.2 Å². The first-order valence-corrected chi connectivity index (χ1v) is 9.46. The van der Waals surface area contributed by atoms with Crippen molar-refractivity contribution in [1.82, 2.24) is 20.0 Å². The van der Waals surface area contributed by atoms with Crippen LogP contribution in [0.5, 0.6) is 0 Å². The van der Waals surface area contributed by atoms with Gasteiger partial charge < -0.3 is 25.9 Å². The molecule has 0 bridgehead atoms. The van der Waals surface area contributed by atoms with Crippen LogP contribution in [0.25, 0.3) is 5.65 Å². The first-order valence-electron chi connectivity index (χ1n) is 9.46. The fourth-order valence-corrected chi connectivity index (χ4v) is 3.60. The van der Waals surface area contributed by atoms with Gasteiger partial charge in [0.1, 0.15) is 11.7 Å². The molecule has 1 fully saturated rings. The van der Waals surface area contributed by atoms with Crippen LogP contribution in [-0.4, -0.2) is 50.9 Å². The molecule has 3 rings (SSSR count). The molecule has 0 spiro atoms. The van der Waals surface area contributed by atoms with Crippen molar-refractivity contribution in [2.24, 2.45) is 11.7 Å². The van der Waals surface area contributed by atoms with Crippen molar-refractivity contribution in [2.75, 3.05) is 6.54 Å². The normalized spacial score (nSPS) is 20.0. The van der Waals surface area contributed by atoms with Crippen molar-refractivity contribution in [1.29, 1.82) is 0 Å². The van der Waals surface area contributed by atoms with Gasteiger partial charge in [0.25, 0.3) is 5.91 Å². The predicted octanol–water partition coefficient (Wildman–Crippen LogP) is 0.541. The van der Waals surface area contributed by atoms with Gasteiger partial charge in [0.15, 0.2) is 0 Å². The molecule has 1 aliphatic carbocycles. The lowest BCUT2D eigenvalue weighted by molar-refractivity contribution is -0.142. The summed E-state index contributed by atoms with van der Waals surface area (Å²) in [6.45, 7) is 0.391. The van der Waals surface area contributed by atoms with Crippen LogP contribution in [0.2, 0.25) is 0 Å². The van der Waals surface area contributed by atoms with E-state index in [1.807, 2.05) is 0 Å². The van der Waals surface area contributed by atoms with Crippen LogP contribution in [0.4, 0.5) is 0 Å². The molecular formula is C19H25N5O4. The van der Waals surface area contributed by atoms with E-state index in [1.165, 1.54) is 0 Å². The van der Waals surface area contributed by atoms with Crippen LogP contribution in [0.15, 0.2) is 30.7 Å². The minimum Gasteiger partial charge on any atom is -0.481 e. The summed E-state index contributed by atoms with van der Waals surface area (Å²) in [5.41, 5.74) is 6.68. The van der Waals surface area contributed by atoms with E-state index >= 15 is 0 Å². The molecular weight excluding hydrogens is 362 g/mol. The first kappa shape index (κ1) is 19.8. The molecule has 0 saturated heterocycles. The second-order valence-electron chi connectivity index (χ2n) is 7.06. The molecule has 3 atom stereocenters. The third-order valence-electron chi connectivity index (χ3n) is 5.13. The van der Waals surface area contributed by atoms with E-state index in [2.05, 4.69) is 15.6 Å². The number of carboxylic acid groups (broad SMARTS) is 1. The van der Waals surface area contributed by atoms with Gasteiger partial charge in [0.2, 0.25) is 5.91 Å². The highest BCUT2D eigenvalue weighted by Crippen LogP contribution is 2.26. The van der Waals surface area contributed by atoms with Gasteiger partial charge in [-0.3, -0.25) is 14.4 Å². The number of carbonyl (C=O) groups is 3. The Hall–Kier alpha value is -2.94. The number of carbonyl (C=O) groups excluding carboxylic acids is 2. The number of nitrogens with one attached hydrogen (secondary N) is 2. The van der Waals surface area contributed by atoms with Gasteiger partial charge >= 0.3 is 5.97 Å². The Kier molecular flexibility index (Phi) is 6.25. The largest absolute Gasteiger partial charge is 0.481 e. The molecule has 2 amide bonds. The van der Waals surface area contributed by atoms with Gasteiger partial charge in [-0.15, -0.1) is 0 Å². The SMILES string of the molecule is NCCCC(NC(=O)c1ccc2nccn2c1)C(=O)NC1CCCC1C(=O)O. The highest BCUT2D eigenvalue weighted by Gasteiger charge is 2.35. The number of fused-ring (bicyclic) bond motifs is 1. The monoisotopic (exact) mass is 387 g/mol. The number of nitrogens with zero attached hydrogens (tertiary/aromatic N) is 2. The van der Waals surface area contributed by atoms with E-state index in [-0.39, 0.29) is 11.8 Å². The quantitative estimate of drug-likeness (QED) is 0.521. The number of carboxylic acids is 1. The molecule has 2 heterocycles. The van der Waals surface area contributed by atoms with Gasteiger partial charge in [0, 0.05) is 24.6 Å². The third-order valence-corrected chi connectivity index (χ3v) is 5.13. The number of rotatable bonds is 8. The molecule has 5 N–H and O–H groups in total. The highest BCUT2D eigenvalue weighted by molar-refractivity contribution is 5.97. The second kappa shape index (κ2) is 8.83. The van der Waals surface area contributed by atoms with Gasteiger partial charge in [-0.25, -0.2) is 4.98 Å². The van der Waals surface area contributed by atoms with E-state index in [9.17, 15) is 19.5 Å². The number of nitrogens with two attached hydrogens (primary N) is 1. The maximum atomic E-state index is 12.7. The Morgan fingerprint density at radius 1 is 1.32 bits per heavy atom. The lowest BCUT2D eigenvalue weighted by Gasteiger charge is -2.23. The van der Waals surface area contributed by atoms with Gasteiger partial charge in [0.05, 0.1) is 11.5 Å². The predicted molar refractivity (Wildman–Crippen MR) is 102 cm³/mol. The number of amides is 2. The number of aromatic nitrogens is 2. The smallest absolute Gasteiger partial charge is 0.308 e. The number of hydrogen-bond donors (Lipinski definition) is 4. The first-order chi connectivity index (χ1) is 13.5. The summed E-state index contributed by atoms with van der Waals surface area (Å²) < 4.78 is 1.72. The Morgan fingerprint density at radius 3 is 2.89 bits per heavy atom. The van der Waals surface area contributed by atoms with Crippen molar-refractivity contribution >= 4 is 23.4 Å². The van der Waals surface area contributed by atoms with E-state index in [0.29, 0.717) is 37.8 Å². The van der Waals surface area contributed by atoms with Crippen molar-refractivity contribution < 1.29 is 19.5 Å². The summed E-state index contributed by atoms with van der Waals surface area (Å²) in [6, 6.07) is 2.18. The van der Waals surface area contributed by atoms with Crippen LogP contribution in [0.3, 0.4) is 0 Å². The summed E-state index contributed by atoms with van der Waals surface area (Å²) in [5.74, 6) is -2.24. The molecule has 9 nitrogen and oxygen atoms in total. The van der Waals surface area contributed by atoms with Crippen molar-refractivity contribution in [3.63, 3.8) is 0 Å². The van der Waals surface area contributed by atoms with Crippen molar-refractivity contribution in [3.05, 3.63) is 36.3 Å². The molecule has 2 aromatic rings. The zero-order chi connectivity index (χ0) is 20.1. The summed E-state index contributed by atoms with van der Waals surface area (Å²) in [4.78, 5) is 40.9. The van der Waals surface area contributed by atoms with Crippen molar-refractivity contribution in [3.8, 4) is 0 Å². The molecule has 1 aliphatic rings. The molecule has 0 radical (unpaired) electrons. The summed E-state index contributed by atoms with van der Waals surface area (Å²) in [5, 5.41) is 14.9. The highest BCUT2D eigenvalue weighted by atomic mass is 16.4. The molecule has 3 unspecified atom stereocenters. The van der Waals surface area contributed by atoms with Crippen LogP contribution in [0, 0.1) is 5.92 Å².